The Morgan fingerprint density at radius 2 is 1.86 bits per heavy atom. The van der Waals surface area contributed by atoms with Gasteiger partial charge in [-0.2, -0.15) is 0 Å². The number of hydrogen-bond acceptors (Lipinski definition) is 4. The van der Waals surface area contributed by atoms with Gasteiger partial charge in [-0.1, -0.05) is 11.6 Å². The van der Waals surface area contributed by atoms with E-state index in [9.17, 15) is 9.50 Å². The third-order valence-electron chi connectivity index (χ3n) is 2.97. The van der Waals surface area contributed by atoms with Gasteiger partial charge in [0.25, 0.3) is 0 Å². The molecule has 112 valence electrons. The van der Waals surface area contributed by atoms with E-state index in [4.69, 9.17) is 21.1 Å². The molecule has 0 aliphatic heterocycles. The molecule has 0 aromatic heterocycles. The standard InChI is InChI=1S/C15H15ClFNO3/c1-20-13-7-11(3-4-12(13)17)18-8-9-5-10(16)6-14(21-2)15(9)19/h3-7,18-19H,8H2,1-2H3. The molecule has 2 aromatic rings. The fraction of sp³-hybridized carbons (Fsp3) is 0.200. The zero-order valence-corrected chi connectivity index (χ0v) is 12.4. The number of hydrogen-bond donors (Lipinski definition) is 2. The number of nitrogens with one attached hydrogen (secondary N) is 1. The number of methoxy groups -OCH3 is 2. The Bertz CT molecular complexity index is 649. The van der Waals surface area contributed by atoms with Crippen LogP contribution in [0, 0.1) is 5.82 Å². The molecule has 0 aliphatic carbocycles. The Morgan fingerprint density at radius 3 is 2.52 bits per heavy atom. The van der Waals surface area contributed by atoms with E-state index in [1.165, 1.54) is 32.4 Å². The topological polar surface area (TPSA) is 50.7 Å². The highest BCUT2D eigenvalue weighted by Gasteiger charge is 2.10. The van der Waals surface area contributed by atoms with Crippen LogP contribution in [0.2, 0.25) is 5.02 Å². The molecule has 0 unspecified atom stereocenters. The number of ether oxygens (including phenoxy) is 2. The van der Waals surface area contributed by atoms with E-state index in [1.54, 1.807) is 12.1 Å². The van der Waals surface area contributed by atoms with E-state index < -0.39 is 5.82 Å². The quantitative estimate of drug-likeness (QED) is 0.881. The zero-order chi connectivity index (χ0) is 15.4. The number of aromatic hydroxyl groups is 1. The lowest BCUT2D eigenvalue weighted by Crippen LogP contribution is -2.01. The van der Waals surface area contributed by atoms with Crippen molar-refractivity contribution in [1.82, 2.24) is 0 Å². The van der Waals surface area contributed by atoms with Crippen molar-refractivity contribution < 1.29 is 19.0 Å². The van der Waals surface area contributed by atoms with Crippen LogP contribution in [0.5, 0.6) is 17.2 Å². The van der Waals surface area contributed by atoms with Gasteiger partial charge in [-0.25, -0.2) is 4.39 Å². The molecule has 2 rings (SSSR count). The lowest BCUT2D eigenvalue weighted by molar-refractivity contribution is 0.371. The molecule has 0 atom stereocenters. The first-order valence-electron chi connectivity index (χ1n) is 6.18. The van der Waals surface area contributed by atoms with E-state index >= 15 is 0 Å². The van der Waals surface area contributed by atoms with Crippen molar-refractivity contribution in [3.8, 4) is 17.2 Å². The summed E-state index contributed by atoms with van der Waals surface area (Å²) in [6, 6.07) is 7.58. The van der Waals surface area contributed by atoms with Crippen LogP contribution in [0.25, 0.3) is 0 Å². The number of rotatable bonds is 5. The van der Waals surface area contributed by atoms with E-state index in [0.29, 0.717) is 28.6 Å². The molecular formula is C15H15ClFNO3. The third-order valence-corrected chi connectivity index (χ3v) is 3.19. The minimum absolute atomic E-state index is 0.0171. The van der Waals surface area contributed by atoms with Gasteiger partial charge in [0.1, 0.15) is 0 Å². The van der Waals surface area contributed by atoms with Gasteiger partial charge in [-0.3, -0.25) is 0 Å². The third kappa shape index (κ3) is 3.49. The van der Waals surface area contributed by atoms with Crippen LogP contribution in [0.4, 0.5) is 10.1 Å². The van der Waals surface area contributed by atoms with E-state index in [0.717, 1.165) is 0 Å². The number of benzene rings is 2. The maximum atomic E-state index is 13.3. The molecule has 0 saturated heterocycles. The van der Waals surface area contributed by atoms with Crippen LogP contribution in [0.15, 0.2) is 30.3 Å². The second kappa shape index (κ2) is 6.54. The largest absolute Gasteiger partial charge is 0.504 e. The Balaban J connectivity index is 2.18. The lowest BCUT2D eigenvalue weighted by Gasteiger charge is -2.12. The van der Waals surface area contributed by atoms with Crippen LogP contribution < -0.4 is 14.8 Å². The van der Waals surface area contributed by atoms with Crippen molar-refractivity contribution in [2.45, 2.75) is 6.54 Å². The summed E-state index contributed by atoms with van der Waals surface area (Å²) in [5.74, 6) is 0.0303. The van der Waals surface area contributed by atoms with Crippen LogP contribution in [0.3, 0.4) is 0 Å². The fourth-order valence-electron chi connectivity index (χ4n) is 1.89. The van der Waals surface area contributed by atoms with Gasteiger partial charge in [0, 0.05) is 35.0 Å². The molecule has 4 nitrogen and oxygen atoms in total. The minimum atomic E-state index is -0.435. The Hall–Kier alpha value is -2.14. The number of anilines is 1. The van der Waals surface area contributed by atoms with E-state index in [1.807, 2.05) is 0 Å². The summed E-state index contributed by atoms with van der Waals surface area (Å²) in [5, 5.41) is 13.5. The summed E-state index contributed by atoms with van der Waals surface area (Å²) in [6.45, 7) is 0.303. The average Bonchev–Trinajstić information content (AvgIpc) is 2.49. The van der Waals surface area contributed by atoms with Crippen LogP contribution >= 0.6 is 11.6 Å². The molecular weight excluding hydrogens is 297 g/mol. The number of phenolic OH excluding ortho intramolecular Hbond substituents is 1. The highest BCUT2D eigenvalue weighted by atomic mass is 35.5. The molecule has 21 heavy (non-hydrogen) atoms. The second-order valence-corrected chi connectivity index (χ2v) is 4.76. The van der Waals surface area contributed by atoms with Crippen molar-refractivity contribution in [3.05, 3.63) is 46.7 Å². The summed E-state index contributed by atoms with van der Waals surface area (Å²) in [7, 11) is 2.85. The van der Waals surface area contributed by atoms with Crippen LogP contribution in [-0.4, -0.2) is 19.3 Å². The zero-order valence-electron chi connectivity index (χ0n) is 11.6. The summed E-state index contributed by atoms with van der Waals surface area (Å²) in [5.41, 5.74) is 1.23. The first-order valence-corrected chi connectivity index (χ1v) is 6.55. The fourth-order valence-corrected chi connectivity index (χ4v) is 2.12. The normalized spacial score (nSPS) is 10.3. The molecule has 0 fully saturated rings. The molecule has 0 aliphatic rings. The molecule has 2 N–H and O–H groups in total. The Kier molecular flexibility index (Phi) is 4.75. The van der Waals surface area contributed by atoms with Gasteiger partial charge < -0.3 is 19.9 Å². The predicted octanol–water partition coefficient (Wildman–Crippen LogP) is 3.81. The Morgan fingerprint density at radius 1 is 1.14 bits per heavy atom. The summed E-state index contributed by atoms with van der Waals surface area (Å²) in [4.78, 5) is 0. The van der Waals surface area contributed by atoms with Crippen molar-refractivity contribution in [2.24, 2.45) is 0 Å². The summed E-state index contributed by atoms with van der Waals surface area (Å²) in [6.07, 6.45) is 0. The van der Waals surface area contributed by atoms with Gasteiger partial charge in [-0.05, 0) is 18.2 Å². The van der Waals surface area contributed by atoms with Gasteiger partial charge in [-0.15, -0.1) is 0 Å². The molecule has 0 heterocycles. The van der Waals surface area contributed by atoms with Gasteiger partial charge in [0.05, 0.1) is 14.2 Å². The van der Waals surface area contributed by atoms with Gasteiger partial charge >= 0.3 is 0 Å². The van der Waals surface area contributed by atoms with Crippen molar-refractivity contribution in [2.75, 3.05) is 19.5 Å². The summed E-state index contributed by atoms with van der Waals surface area (Å²) < 4.78 is 23.3. The van der Waals surface area contributed by atoms with Gasteiger partial charge in [0.2, 0.25) is 0 Å². The molecule has 0 amide bonds. The lowest BCUT2D eigenvalue weighted by atomic mass is 10.1. The molecule has 2 aromatic carbocycles. The van der Waals surface area contributed by atoms with Gasteiger partial charge in [0.15, 0.2) is 23.1 Å². The minimum Gasteiger partial charge on any atom is -0.504 e. The Labute approximate surface area is 127 Å². The van der Waals surface area contributed by atoms with Crippen molar-refractivity contribution in [3.63, 3.8) is 0 Å². The predicted molar refractivity (Wildman–Crippen MR) is 79.9 cm³/mol. The smallest absolute Gasteiger partial charge is 0.165 e. The molecule has 0 radical (unpaired) electrons. The molecule has 0 spiro atoms. The van der Waals surface area contributed by atoms with Crippen molar-refractivity contribution >= 4 is 17.3 Å². The molecule has 6 heteroatoms. The number of phenols is 1. The maximum absolute atomic E-state index is 13.3. The van der Waals surface area contributed by atoms with E-state index in [-0.39, 0.29) is 11.5 Å². The first-order chi connectivity index (χ1) is 10.0. The SMILES string of the molecule is COc1cc(NCc2cc(Cl)cc(OC)c2O)ccc1F. The molecule has 0 bridgehead atoms. The average molecular weight is 312 g/mol. The highest BCUT2D eigenvalue weighted by Crippen LogP contribution is 2.34. The second-order valence-electron chi connectivity index (χ2n) is 4.32. The molecule has 0 saturated carbocycles. The summed E-state index contributed by atoms with van der Waals surface area (Å²) >= 11 is 5.96. The van der Waals surface area contributed by atoms with E-state index in [2.05, 4.69) is 5.32 Å². The first kappa shape index (κ1) is 15.3. The van der Waals surface area contributed by atoms with Crippen LogP contribution in [-0.2, 0) is 6.54 Å². The van der Waals surface area contributed by atoms with Crippen molar-refractivity contribution in [1.29, 1.82) is 0 Å². The highest BCUT2D eigenvalue weighted by molar-refractivity contribution is 6.30. The maximum Gasteiger partial charge on any atom is 0.165 e. The number of halogens is 2. The monoisotopic (exact) mass is 311 g/mol. The van der Waals surface area contributed by atoms with Crippen LogP contribution in [0.1, 0.15) is 5.56 Å².